The maximum atomic E-state index is 12.7. The molecule has 0 atom stereocenters. The van der Waals surface area contributed by atoms with Gasteiger partial charge in [-0.2, -0.15) is 0 Å². The summed E-state index contributed by atoms with van der Waals surface area (Å²) in [6, 6.07) is 11.7. The molecule has 0 unspecified atom stereocenters. The lowest BCUT2D eigenvalue weighted by molar-refractivity contribution is -0.131. The second kappa shape index (κ2) is 7.47. The van der Waals surface area contributed by atoms with Crippen LogP contribution in [0.1, 0.15) is 16.7 Å². The lowest BCUT2D eigenvalue weighted by atomic mass is 9.99. The van der Waals surface area contributed by atoms with Crippen LogP contribution in [0.15, 0.2) is 36.4 Å². The molecule has 0 aromatic heterocycles. The van der Waals surface area contributed by atoms with Gasteiger partial charge in [0.1, 0.15) is 5.75 Å². The fourth-order valence-corrected chi connectivity index (χ4v) is 3.15. The SMILES string of the molecule is COc1ccc2c(c1)CN(C(=O)Cc1ccc(OC)c(OC)c1)CC2. The van der Waals surface area contributed by atoms with E-state index in [0.717, 1.165) is 29.8 Å². The Morgan fingerprint density at radius 3 is 2.48 bits per heavy atom. The molecule has 1 heterocycles. The van der Waals surface area contributed by atoms with Gasteiger partial charge >= 0.3 is 0 Å². The van der Waals surface area contributed by atoms with E-state index in [9.17, 15) is 4.79 Å². The molecule has 0 N–H and O–H groups in total. The number of carbonyl (C=O) groups is 1. The van der Waals surface area contributed by atoms with Crippen LogP contribution in [0.2, 0.25) is 0 Å². The molecule has 2 aromatic carbocycles. The zero-order valence-electron chi connectivity index (χ0n) is 14.9. The second-order valence-electron chi connectivity index (χ2n) is 6.07. The predicted molar refractivity (Wildman–Crippen MR) is 95.4 cm³/mol. The zero-order valence-corrected chi connectivity index (χ0v) is 14.9. The smallest absolute Gasteiger partial charge is 0.227 e. The van der Waals surface area contributed by atoms with Gasteiger partial charge in [0.15, 0.2) is 11.5 Å². The van der Waals surface area contributed by atoms with Crippen molar-refractivity contribution in [1.82, 2.24) is 4.90 Å². The highest BCUT2D eigenvalue weighted by molar-refractivity contribution is 5.79. The summed E-state index contributed by atoms with van der Waals surface area (Å²) in [5.41, 5.74) is 3.36. The number of nitrogens with zero attached hydrogens (tertiary/aromatic N) is 1. The number of hydrogen-bond acceptors (Lipinski definition) is 4. The van der Waals surface area contributed by atoms with Crippen molar-refractivity contribution in [2.45, 2.75) is 19.4 Å². The van der Waals surface area contributed by atoms with Crippen molar-refractivity contribution < 1.29 is 19.0 Å². The van der Waals surface area contributed by atoms with Gasteiger partial charge in [0.2, 0.25) is 5.91 Å². The Balaban J connectivity index is 1.71. The summed E-state index contributed by atoms with van der Waals surface area (Å²) < 4.78 is 15.8. The molecule has 0 spiro atoms. The maximum absolute atomic E-state index is 12.7. The van der Waals surface area contributed by atoms with Crippen LogP contribution < -0.4 is 14.2 Å². The quantitative estimate of drug-likeness (QED) is 0.839. The highest BCUT2D eigenvalue weighted by atomic mass is 16.5. The molecule has 132 valence electrons. The van der Waals surface area contributed by atoms with Gasteiger partial charge in [-0.3, -0.25) is 4.79 Å². The third-order valence-electron chi connectivity index (χ3n) is 4.58. The maximum Gasteiger partial charge on any atom is 0.227 e. The molecule has 25 heavy (non-hydrogen) atoms. The molecule has 5 heteroatoms. The van der Waals surface area contributed by atoms with E-state index < -0.39 is 0 Å². The minimum absolute atomic E-state index is 0.112. The monoisotopic (exact) mass is 341 g/mol. The highest BCUT2D eigenvalue weighted by Gasteiger charge is 2.21. The molecule has 0 saturated carbocycles. The Labute approximate surface area is 148 Å². The zero-order chi connectivity index (χ0) is 17.8. The lowest BCUT2D eigenvalue weighted by Crippen LogP contribution is -2.36. The summed E-state index contributed by atoms with van der Waals surface area (Å²) in [5, 5.41) is 0. The van der Waals surface area contributed by atoms with Crippen molar-refractivity contribution in [3.8, 4) is 17.2 Å². The van der Waals surface area contributed by atoms with Crippen molar-refractivity contribution in [2.75, 3.05) is 27.9 Å². The number of amides is 1. The summed E-state index contributed by atoms with van der Waals surface area (Å²) >= 11 is 0. The van der Waals surface area contributed by atoms with Crippen molar-refractivity contribution in [3.63, 3.8) is 0 Å². The van der Waals surface area contributed by atoms with Gasteiger partial charge in [-0.05, 0) is 47.4 Å². The normalized spacial score (nSPS) is 13.2. The minimum Gasteiger partial charge on any atom is -0.497 e. The van der Waals surface area contributed by atoms with Crippen LogP contribution in [0.25, 0.3) is 0 Å². The second-order valence-corrected chi connectivity index (χ2v) is 6.07. The molecule has 0 aliphatic carbocycles. The standard InChI is InChI=1S/C20H23NO4/c1-23-17-6-5-15-8-9-21(13-16(15)12-17)20(22)11-14-4-7-18(24-2)19(10-14)25-3/h4-7,10,12H,8-9,11,13H2,1-3H3. The molecular weight excluding hydrogens is 318 g/mol. The summed E-state index contributed by atoms with van der Waals surface area (Å²) in [5.74, 6) is 2.24. The third-order valence-corrected chi connectivity index (χ3v) is 4.58. The number of carbonyl (C=O) groups excluding carboxylic acids is 1. The van der Waals surface area contributed by atoms with Crippen LogP contribution in [-0.2, 0) is 24.2 Å². The molecule has 5 nitrogen and oxygen atoms in total. The lowest BCUT2D eigenvalue weighted by Gasteiger charge is -2.29. The van der Waals surface area contributed by atoms with E-state index in [0.29, 0.717) is 24.5 Å². The number of rotatable bonds is 5. The van der Waals surface area contributed by atoms with Crippen molar-refractivity contribution >= 4 is 5.91 Å². The van der Waals surface area contributed by atoms with E-state index >= 15 is 0 Å². The molecule has 0 radical (unpaired) electrons. The van der Waals surface area contributed by atoms with E-state index in [-0.39, 0.29) is 5.91 Å². The summed E-state index contributed by atoms with van der Waals surface area (Å²) in [4.78, 5) is 14.6. The predicted octanol–water partition coefficient (Wildman–Crippen LogP) is 2.84. The Morgan fingerprint density at radius 1 is 0.960 bits per heavy atom. The van der Waals surface area contributed by atoms with Crippen LogP contribution >= 0.6 is 0 Å². The Bertz CT molecular complexity index is 772. The van der Waals surface area contributed by atoms with Crippen molar-refractivity contribution in [2.24, 2.45) is 0 Å². The largest absolute Gasteiger partial charge is 0.497 e. The van der Waals surface area contributed by atoms with Crippen LogP contribution in [0.4, 0.5) is 0 Å². The van der Waals surface area contributed by atoms with E-state index in [2.05, 4.69) is 6.07 Å². The summed E-state index contributed by atoms with van der Waals surface area (Å²) in [6.07, 6.45) is 1.22. The molecule has 3 rings (SSSR count). The fraction of sp³-hybridized carbons (Fsp3) is 0.350. The van der Waals surface area contributed by atoms with Gasteiger partial charge in [-0.25, -0.2) is 0 Å². The summed E-state index contributed by atoms with van der Waals surface area (Å²) in [6.45, 7) is 1.37. The Kier molecular flexibility index (Phi) is 5.12. The van der Waals surface area contributed by atoms with Gasteiger partial charge in [0.25, 0.3) is 0 Å². The molecular formula is C20H23NO4. The van der Waals surface area contributed by atoms with Gasteiger partial charge < -0.3 is 19.1 Å². The van der Waals surface area contributed by atoms with Crippen LogP contribution in [0.3, 0.4) is 0 Å². The van der Waals surface area contributed by atoms with Gasteiger partial charge in [0, 0.05) is 13.1 Å². The third kappa shape index (κ3) is 3.71. The number of fused-ring (bicyclic) bond motifs is 1. The number of ether oxygens (including phenoxy) is 3. The Hall–Kier alpha value is -2.69. The first-order valence-corrected chi connectivity index (χ1v) is 8.29. The van der Waals surface area contributed by atoms with E-state index in [1.807, 2.05) is 35.2 Å². The number of hydrogen-bond donors (Lipinski definition) is 0. The van der Waals surface area contributed by atoms with Crippen LogP contribution in [0.5, 0.6) is 17.2 Å². The molecule has 0 fully saturated rings. The average molecular weight is 341 g/mol. The first-order valence-electron chi connectivity index (χ1n) is 8.29. The number of benzene rings is 2. The molecule has 0 saturated heterocycles. The van der Waals surface area contributed by atoms with Gasteiger partial charge in [0.05, 0.1) is 27.8 Å². The van der Waals surface area contributed by atoms with Crippen LogP contribution in [-0.4, -0.2) is 38.7 Å². The first kappa shape index (κ1) is 17.1. The molecule has 1 amide bonds. The van der Waals surface area contributed by atoms with Crippen molar-refractivity contribution in [1.29, 1.82) is 0 Å². The fourth-order valence-electron chi connectivity index (χ4n) is 3.15. The van der Waals surface area contributed by atoms with Crippen molar-refractivity contribution in [3.05, 3.63) is 53.1 Å². The van der Waals surface area contributed by atoms with Gasteiger partial charge in [-0.1, -0.05) is 12.1 Å². The highest BCUT2D eigenvalue weighted by Crippen LogP contribution is 2.28. The number of methoxy groups -OCH3 is 3. The van der Waals surface area contributed by atoms with Crippen LogP contribution in [0, 0.1) is 0 Å². The van der Waals surface area contributed by atoms with E-state index in [1.165, 1.54) is 5.56 Å². The van der Waals surface area contributed by atoms with E-state index in [4.69, 9.17) is 14.2 Å². The Morgan fingerprint density at radius 2 is 1.76 bits per heavy atom. The topological polar surface area (TPSA) is 48.0 Å². The average Bonchev–Trinajstić information content (AvgIpc) is 2.66. The first-order chi connectivity index (χ1) is 12.1. The molecule has 0 bridgehead atoms. The van der Waals surface area contributed by atoms with E-state index in [1.54, 1.807) is 21.3 Å². The minimum atomic E-state index is 0.112. The molecule has 1 aliphatic rings. The molecule has 2 aromatic rings. The molecule has 1 aliphatic heterocycles. The summed E-state index contributed by atoms with van der Waals surface area (Å²) in [7, 11) is 4.85. The van der Waals surface area contributed by atoms with Gasteiger partial charge in [-0.15, -0.1) is 0 Å².